The minimum atomic E-state index is -0.908. The lowest BCUT2D eigenvalue weighted by molar-refractivity contribution is -0.152. The Kier molecular flexibility index (Phi) is 4.84. The van der Waals surface area contributed by atoms with Gasteiger partial charge in [-0.3, -0.25) is 10.1 Å². The first-order valence-corrected chi connectivity index (χ1v) is 5.79. The predicted octanol–water partition coefficient (Wildman–Crippen LogP) is 0.992. The number of anilines is 1. The molecule has 0 aliphatic carbocycles. The summed E-state index contributed by atoms with van der Waals surface area (Å²) in [5, 5.41) is 11.1. The Morgan fingerprint density at radius 1 is 1.38 bits per heavy atom. The molecular formula is C9H13N3O3S. The van der Waals surface area contributed by atoms with Gasteiger partial charge in [0.1, 0.15) is 5.01 Å². The highest BCUT2D eigenvalue weighted by Crippen LogP contribution is 2.16. The standard InChI is InChI=1S/C9H13N3O3S/c1-3-5-6-11-12-9(16-6)10-7(13)8(14)15-4-2/h3-5H2,1-2H3,(H,10,12,13). The van der Waals surface area contributed by atoms with Crippen LogP contribution >= 0.6 is 11.3 Å². The summed E-state index contributed by atoms with van der Waals surface area (Å²) < 4.78 is 4.54. The third kappa shape index (κ3) is 3.58. The van der Waals surface area contributed by atoms with E-state index in [2.05, 4.69) is 20.3 Å². The number of nitrogens with one attached hydrogen (secondary N) is 1. The summed E-state index contributed by atoms with van der Waals surface area (Å²) in [6.07, 6.45) is 1.77. The summed E-state index contributed by atoms with van der Waals surface area (Å²) in [6.45, 7) is 3.83. The summed E-state index contributed by atoms with van der Waals surface area (Å²) in [6, 6.07) is 0. The van der Waals surface area contributed by atoms with Crippen LogP contribution in [0.5, 0.6) is 0 Å². The van der Waals surface area contributed by atoms with Crippen molar-refractivity contribution in [1.82, 2.24) is 10.2 Å². The third-order valence-electron chi connectivity index (χ3n) is 1.61. The highest BCUT2D eigenvalue weighted by Gasteiger charge is 2.16. The molecule has 16 heavy (non-hydrogen) atoms. The fraction of sp³-hybridized carbons (Fsp3) is 0.556. The fourth-order valence-corrected chi connectivity index (χ4v) is 1.80. The van der Waals surface area contributed by atoms with E-state index < -0.39 is 11.9 Å². The van der Waals surface area contributed by atoms with Crippen molar-refractivity contribution >= 4 is 28.3 Å². The molecule has 0 saturated heterocycles. The molecule has 88 valence electrons. The van der Waals surface area contributed by atoms with E-state index in [9.17, 15) is 9.59 Å². The van der Waals surface area contributed by atoms with Gasteiger partial charge in [-0.15, -0.1) is 10.2 Å². The van der Waals surface area contributed by atoms with Crippen LogP contribution in [0.1, 0.15) is 25.3 Å². The molecule has 1 N–H and O–H groups in total. The third-order valence-corrected chi connectivity index (χ3v) is 2.51. The number of aryl methyl sites for hydroxylation is 1. The van der Waals surface area contributed by atoms with Crippen LogP contribution in [0.2, 0.25) is 0 Å². The zero-order valence-electron chi connectivity index (χ0n) is 9.15. The van der Waals surface area contributed by atoms with Gasteiger partial charge in [0.05, 0.1) is 6.61 Å². The number of rotatable bonds is 4. The first-order chi connectivity index (χ1) is 7.67. The minimum Gasteiger partial charge on any atom is -0.459 e. The molecule has 0 spiro atoms. The lowest BCUT2D eigenvalue weighted by Crippen LogP contribution is -2.24. The van der Waals surface area contributed by atoms with Gasteiger partial charge in [-0.05, 0) is 13.3 Å². The zero-order valence-corrected chi connectivity index (χ0v) is 9.97. The average Bonchev–Trinajstić information content (AvgIpc) is 2.66. The molecule has 1 aromatic rings. The molecule has 7 heteroatoms. The van der Waals surface area contributed by atoms with Crippen LogP contribution in [0.4, 0.5) is 5.13 Å². The Balaban J connectivity index is 2.52. The number of carbonyl (C=O) groups is 2. The largest absolute Gasteiger partial charge is 0.459 e. The van der Waals surface area contributed by atoms with Gasteiger partial charge in [0, 0.05) is 6.42 Å². The molecule has 0 aliphatic rings. The summed E-state index contributed by atoms with van der Waals surface area (Å²) in [5.74, 6) is -1.73. The molecule has 0 atom stereocenters. The average molecular weight is 243 g/mol. The van der Waals surface area contributed by atoms with E-state index >= 15 is 0 Å². The van der Waals surface area contributed by atoms with Crippen LogP contribution < -0.4 is 5.32 Å². The molecular weight excluding hydrogens is 230 g/mol. The van der Waals surface area contributed by atoms with Gasteiger partial charge in [-0.25, -0.2) is 4.79 Å². The van der Waals surface area contributed by atoms with Gasteiger partial charge < -0.3 is 4.74 Å². The summed E-state index contributed by atoms with van der Waals surface area (Å²) in [5.41, 5.74) is 0. The van der Waals surface area contributed by atoms with Crippen molar-refractivity contribution in [3.8, 4) is 0 Å². The van der Waals surface area contributed by atoms with Gasteiger partial charge in [0.15, 0.2) is 0 Å². The van der Waals surface area contributed by atoms with Gasteiger partial charge in [-0.1, -0.05) is 18.3 Å². The number of ether oxygens (including phenoxy) is 1. The summed E-state index contributed by atoms with van der Waals surface area (Å²) in [7, 11) is 0. The second-order valence-electron chi connectivity index (χ2n) is 2.93. The number of carbonyl (C=O) groups excluding carboxylic acids is 2. The van der Waals surface area contributed by atoms with E-state index in [1.807, 2.05) is 6.92 Å². The second kappa shape index (κ2) is 6.16. The molecule has 1 amide bonds. The van der Waals surface area contributed by atoms with E-state index in [4.69, 9.17) is 0 Å². The molecule has 1 aromatic heterocycles. The van der Waals surface area contributed by atoms with E-state index in [0.717, 1.165) is 17.8 Å². The number of nitrogens with zero attached hydrogens (tertiary/aromatic N) is 2. The Labute approximate surface area is 97.0 Å². The molecule has 0 aromatic carbocycles. The topological polar surface area (TPSA) is 81.2 Å². The number of esters is 1. The van der Waals surface area contributed by atoms with Crippen molar-refractivity contribution < 1.29 is 14.3 Å². The Morgan fingerprint density at radius 3 is 2.75 bits per heavy atom. The first-order valence-electron chi connectivity index (χ1n) is 4.97. The number of amides is 1. The number of aromatic nitrogens is 2. The van der Waals surface area contributed by atoms with Crippen LogP contribution in [-0.2, 0) is 20.7 Å². The van der Waals surface area contributed by atoms with Gasteiger partial charge in [0.25, 0.3) is 0 Å². The molecule has 6 nitrogen and oxygen atoms in total. The quantitative estimate of drug-likeness (QED) is 0.630. The number of hydrogen-bond acceptors (Lipinski definition) is 6. The SMILES string of the molecule is CCCc1nnc(NC(=O)C(=O)OCC)s1. The summed E-state index contributed by atoms with van der Waals surface area (Å²) in [4.78, 5) is 22.2. The maximum atomic E-state index is 11.2. The lowest BCUT2D eigenvalue weighted by Gasteiger charge is -1.99. The highest BCUT2D eigenvalue weighted by molar-refractivity contribution is 7.15. The fourth-order valence-electron chi connectivity index (χ4n) is 0.964. The molecule has 0 unspecified atom stereocenters. The molecule has 0 aliphatic heterocycles. The van der Waals surface area contributed by atoms with Crippen LogP contribution in [-0.4, -0.2) is 28.7 Å². The van der Waals surface area contributed by atoms with Crippen LogP contribution in [0, 0.1) is 0 Å². The van der Waals surface area contributed by atoms with E-state index in [1.165, 1.54) is 11.3 Å². The molecule has 1 rings (SSSR count). The van der Waals surface area contributed by atoms with Crippen molar-refractivity contribution in [3.05, 3.63) is 5.01 Å². The van der Waals surface area contributed by atoms with E-state index in [1.54, 1.807) is 6.92 Å². The Morgan fingerprint density at radius 2 is 2.12 bits per heavy atom. The van der Waals surface area contributed by atoms with E-state index in [-0.39, 0.29) is 6.61 Å². The van der Waals surface area contributed by atoms with Crippen molar-refractivity contribution in [2.24, 2.45) is 0 Å². The molecule has 0 radical (unpaired) electrons. The van der Waals surface area contributed by atoms with Crippen LogP contribution in [0.3, 0.4) is 0 Å². The van der Waals surface area contributed by atoms with Crippen molar-refractivity contribution in [2.45, 2.75) is 26.7 Å². The smallest absolute Gasteiger partial charge is 0.397 e. The van der Waals surface area contributed by atoms with E-state index in [0.29, 0.717) is 5.13 Å². The van der Waals surface area contributed by atoms with Crippen LogP contribution in [0.25, 0.3) is 0 Å². The van der Waals surface area contributed by atoms with Crippen molar-refractivity contribution in [3.63, 3.8) is 0 Å². The normalized spacial score (nSPS) is 9.88. The van der Waals surface area contributed by atoms with Crippen molar-refractivity contribution in [1.29, 1.82) is 0 Å². The molecule has 0 fully saturated rings. The Hall–Kier alpha value is -1.50. The predicted molar refractivity (Wildman–Crippen MR) is 59.2 cm³/mol. The first kappa shape index (κ1) is 12.6. The highest BCUT2D eigenvalue weighted by atomic mass is 32.1. The van der Waals surface area contributed by atoms with Gasteiger partial charge >= 0.3 is 11.9 Å². The second-order valence-corrected chi connectivity index (χ2v) is 3.99. The Bertz CT molecular complexity index is 378. The maximum absolute atomic E-state index is 11.2. The zero-order chi connectivity index (χ0) is 12.0. The molecule has 0 saturated carbocycles. The minimum absolute atomic E-state index is 0.170. The number of hydrogen-bond donors (Lipinski definition) is 1. The molecule has 1 heterocycles. The van der Waals surface area contributed by atoms with Crippen LogP contribution in [0.15, 0.2) is 0 Å². The van der Waals surface area contributed by atoms with Gasteiger partial charge in [0.2, 0.25) is 5.13 Å². The molecule has 0 bridgehead atoms. The monoisotopic (exact) mass is 243 g/mol. The summed E-state index contributed by atoms with van der Waals surface area (Å²) >= 11 is 1.26. The maximum Gasteiger partial charge on any atom is 0.397 e. The lowest BCUT2D eigenvalue weighted by atomic mass is 10.4. The van der Waals surface area contributed by atoms with Gasteiger partial charge in [-0.2, -0.15) is 0 Å². The van der Waals surface area contributed by atoms with Crippen molar-refractivity contribution in [2.75, 3.05) is 11.9 Å².